The minimum absolute atomic E-state index is 0.184. The van der Waals surface area contributed by atoms with E-state index >= 15 is 0 Å². The molecule has 0 amide bonds. The Labute approximate surface area is 61.2 Å². The Balaban J connectivity index is 2.56. The Kier molecular flexibility index (Phi) is 2.37. The topological polar surface area (TPSA) is 66.8 Å². The monoisotopic (exact) mass is 168 g/mol. The molecule has 1 unspecified atom stereocenters. The summed E-state index contributed by atoms with van der Waals surface area (Å²) in [5, 5.41) is 9.26. The highest BCUT2D eigenvalue weighted by Gasteiger charge is 2.35. The molecule has 1 rings (SSSR count). The average Bonchev–Trinajstić information content (AvgIpc) is 1.89. The number of rotatable bonds is 1. The molecule has 2 N–H and O–H groups in total. The first-order valence-corrected chi connectivity index (χ1v) is 4.01. The standard InChI is InChI=1S/C4H9NO4S/c6-5(10(7)8)1-3-9-4-2-5/h6H,1-4H2/p+1. The molecule has 1 atom stereocenters. The molecule has 0 bridgehead atoms. The van der Waals surface area contributed by atoms with Gasteiger partial charge in [0.25, 0.3) is 0 Å². The molecule has 0 aromatic heterocycles. The van der Waals surface area contributed by atoms with Gasteiger partial charge in [0.05, 0.1) is 0 Å². The van der Waals surface area contributed by atoms with E-state index in [2.05, 4.69) is 0 Å². The van der Waals surface area contributed by atoms with Crippen LogP contribution in [0.15, 0.2) is 0 Å². The lowest BCUT2D eigenvalue weighted by Crippen LogP contribution is -2.53. The first kappa shape index (κ1) is 8.09. The third-order valence-corrected chi connectivity index (χ3v) is 2.41. The molecule has 60 valence electrons. The number of hydroxylamine groups is 2. The maximum absolute atomic E-state index is 10.5. The summed E-state index contributed by atoms with van der Waals surface area (Å²) in [7, 11) is 0. The molecule has 5 nitrogen and oxygen atoms in total. The van der Waals surface area contributed by atoms with Gasteiger partial charge in [-0.25, -0.2) is 5.21 Å². The molecule has 1 fully saturated rings. The van der Waals surface area contributed by atoms with E-state index in [9.17, 15) is 9.42 Å². The van der Waals surface area contributed by atoms with Gasteiger partial charge in [0.1, 0.15) is 26.3 Å². The van der Waals surface area contributed by atoms with E-state index < -0.39 is 15.3 Å². The smallest absolute Gasteiger partial charge is 0.369 e. The van der Waals surface area contributed by atoms with Crippen molar-refractivity contribution in [2.24, 2.45) is 0 Å². The third-order valence-electron chi connectivity index (χ3n) is 1.46. The van der Waals surface area contributed by atoms with Crippen LogP contribution in [-0.2, 0) is 16.0 Å². The van der Waals surface area contributed by atoms with Crippen LogP contribution in [0.1, 0.15) is 0 Å². The van der Waals surface area contributed by atoms with E-state index in [0.717, 1.165) is 0 Å². The van der Waals surface area contributed by atoms with Crippen molar-refractivity contribution in [2.45, 2.75) is 0 Å². The van der Waals surface area contributed by atoms with Crippen LogP contribution in [0.4, 0.5) is 0 Å². The Bertz CT molecular complexity index is 144. The highest BCUT2D eigenvalue weighted by atomic mass is 32.2. The van der Waals surface area contributed by atoms with E-state index in [1.807, 2.05) is 0 Å². The maximum Gasteiger partial charge on any atom is 0.392 e. The van der Waals surface area contributed by atoms with Gasteiger partial charge in [0, 0.05) is 0 Å². The molecule has 0 radical (unpaired) electrons. The molecule has 1 aliphatic heterocycles. The predicted octanol–water partition coefficient (Wildman–Crippen LogP) is -0.641. The van der Waals surface area contributed by atoms with Gasteiger partial charge >= 0.3 is 11.3 Å². The van der Waals surface area contributed by atoms with Crippen molar-refractivity contribution in [1.29, 1.82) is 0 Å². The fourth-order valence-electron chi connectivity index (χ4n) is 0.784. The summed E-state index contributed by atoms with van der Waals surface area (Å²) in [4.78, 5) is 0. The van der Waals surface area contributed by atoms with Crippen molar-refractivity contribution in [3.63, 3.8) is 0 Å². The molecular weight excluding hydrogens is 158 g/mol. The first-order valence-electron chi connectivity index (χ1n) is 2.94. The summed E-state index contributed by atoms with van der Waals surface area (Å²) in [5.41, 5.74) is 0. The zero-order chi connectivity index (χ0) is 7.61. The molecule has 6 heteroatoms. The molecule has 0 spiro atoms. The highest BCUT2D eigenvalue weighted by molar-refractivity contribution is 7.73. The second-order valence-electron chi connectivity index (χ2n) is 2.14. The quantitative estimate of drug-likeness (QED) is 0.403. The van der Waals surface area contributed by atoms with Gasteiger partial charge in [-0.3, -0.25) is 4.55 Å². The van der Waals surface area contributed by atoms with Crippen molar-refractivity contribution in [3.05, 3.63) is 0 Å². The van der Waals surface area contributed by atoms with Crippen molar-refractivity contribution in [1.82, 2.24) is 0 Å². The minimum Gasteiger partial charge on any atom is -0.369 e. The highest BCUT2D eigenvalue weighted by Crippen LogP contribution is 2.08. The Hall–Kier alpha value is -0.0100. The van der Waals surface area contributed by atoms with Crippen LogP contribution in [0.5, 0.6) is 0 Å². The fourth-order valence-corrected chi connectivity index (χ4v) is 1.25. The largest absolute Gasteiger partial charge is 0.392 e. The molecule has 0 aliphatic carbocycles. The molecular formula is C4H10NO4S+. The fraction of sp³-hybridized carbons (Fsp3) is 1.00. The second-order valence-corrected chi connectivity index (χ2v) is 3.28. The molecule has 0 aromatic carbocycles. The van der Waals surface area contributed by atoms with Crippen molar-refractivity contribution in [2.75, 3.05) is 26.3 Å². The van der Waals surface area contributed by atoms with E-state index in [0.29, 0.717) is 13.2 Å². The van der Waals surface area contributed by atoms with Crippen LogP contribution in [-0.4, -0.2) is 44.3 Å². The van der Waals surface area contributed by atoms with E-state index in [1.54, 1.807) is 0 Å². The van der Waals surface area contributed by atoms with E-state index in [-0.39, 0.29) is 13.1 Å². The summed E-state index contributed by atoms with van der Waals surface area (Å²) in [5.74, 6) is 0. The summed E-state index contributed by atoms with van der Waals surface area (Å²) in [6.07, 6.45) is 0. The van der Waals surface area contributed by atoms with Gasteiger partial charge in [-0.2, -0.15) is 4.21 Å². The van der Waals surface area contributed by atoms with Gasteiger partial charge in [0.2, 0.25) is 0 Å². The van der Waals surface area contributed by atoms with Crippen molar-refractivity contribution < 1.29 is 22.8 Å². The third kappa shape index (κ3) is 1.53. The normalized spacial score (nSPS) is 27.8. The van der Waals surface area contributed by atoms with E-state index in [4.69, 9.17) is 9.29 Å². The molecule has 1 aliphatic rings. The van der Waals surface area contributed by atoms with Gasteiger partial charge in [-0.05, 0) is 0 Å². The first-order chi connectivity index (χ1) is 4.65. The van der Waals surface area contributed by atoms with Crippen LogP contribution in [0.2, 0.25) is 0 Å². The Morgan fingerprint density at radius 2 is 1.90 bits per heavy atom. The lowest BCUT2D eigenvalue weighted by molar-refractivity contribution is -1.01. The lowest BCUT2D eigenvalue weighted by atomic mass is 10.5. The molecule has 1 heterocycles. The average molecular weight is 168 g/mol. The minimum atomic E-state index is -2.20. The van der Waals surface area contributed by atoms with Crippen molar-refractivity contribution in [3.8, 4) is 0 Å². The Morgan fingerprint density at radius 3 is 2.20 bits per heavy atom. The van der Waals surface area contributed by atoms with Gasteiger partial charge in [-0.1, -0.05) is 4.05 Å². The number of quaternary nitrogens is 1. The number of hydrogen-bond acceptors (Lipinski definition) is 3. The van der Waals surface area contributed by atoms with Crippen molar-refractivity contribution >= 4 is 11.3 Å². The summed E-state index contributed by atoms with van der Waals surface area (Å²) in [6, 6.07) is 0. The van der Waals surface area contributed by atoms with Crippen LogP contribution in [0.3, 0.4) is 0 Å². The van der Waals surface area contributed by atoms with Crippen LogP contribution in [0.25, 0.3) is 0 Å². The molecule has 0 aromatic rings. The van der Waals surface area contributed by atoms with Gasteiger partial charge in [-0.15, -0.1) is 0 Å². The Morgan fingerprint density at radius 1 is 1.40 bits per heavy atom. The summed E-state index contributed by atoms with van der Waals surface area (Å²) < 4.78 is 23.1. The number of nitrogens with zero attached hydrogens (tertiary/aromatic N) is 1. The van der Waals surface area contributed by atoms with Crippen LogP contribution >= 0.6 is 0 Å². The summed E-state index contributed by atoms with van der Waals surface area (Å²) in [6.45, 7) is 1.04. The SMILES string of the molecule is O=S(O)[N+]1(O)CCOCC1. The molecule has 0 saturated carbocycles. The van der Waals surface area contributed by atoms with Gasteiger partial charge < -0.3 is 4.74 Å². The molecule has 1 saturated heterocycles. The zero-order valence-corrected chi connectivity index (χ0v) is 6.21. The zero-order valence-electron chi connectivity index (χ0n) is 5.39. The van der Waals surface area contributed by atoms with Crippen LogP contribution < -0.4 is 0 Å². The van der Waals surface area contributed by atoms with Gasteiger partial charge in [0.15, 0.2) is 0 Å². The van der Waals surface area contributed by atoms with Crippen LogP contribution in [0, 0.1) is 0 Å². The number of morpholine rings is 1. The summed E-state index contributed by atoms with van der Waals surface area (Å²) >= 11 is -2.20. The van der Waals surface area contributed by atoms with E-state index in [1.165, 1.54) is 0 Å². The number of ether oxygens (including phenoxy) is 1. The maximum atomic E-state index is 10.5. The predicted molar refractivity (Wildman–Crippen MR) is 33.4 cm³/mol. The number of hydrogen-bond donors (Lipinski definition) is 2. The molecule has 10 heavy (non-hydrogen) atoms. The lowest BCUT2D eigenvalue weighted by Gasteiger charge is -2.27. The second kappa shape index (κ2) is 2.93.